The Morgan fingerprint density at radius 1 is 1.05 bits per heavy atom. The highest BCUT2D eigenvalue weighted by Gasteiger charge is 2.23. The van der Waals surface area contributed by atoms with E-state index < -0.39 is 14.8 Å². The van der Waals surface area contributed by atoms with E-state index in [1.54, 1.807) is 18.2 Å². The number of benzene rings is 2. The second-order valence-corrected chi connectivity index (χ2v) is 5.86. The number of sulfone groups is 1. The number of nitrogens with zero attached hydrogens (tertiary/aromatic N) is 1. The fourth-order valence-electron chi connectivity index (χ4n) is 1.72. The molecule has 0 aromatic heterocycles. The second-order valence-electron chi connectivity index (χ2n) is 3.91. The van der Waals surface area contributed by atoms with Crippen molar-refractivity contribution in [2.75, 3.05) is 7.11 Å². The van der Waals surface area contributed by atoms with Crippen molar-refractivity contribution in [3.63, 3.8) is 0 Å². The zero-order chi connectivity index (χ0) is 14.8. The van der Waals surface area contributed by atoms with Gasteiger partial charge in [0.25, 0.3) is 0 Å². The van der Waals surface area contributed by atoms with Crippen molar-refractivity contribution in [3.8, 4) is 5.75 Å². The van der Waals surface area contributed by atoms with Crippen molar-refractivity contribution in [1.82, 2.24) is 0 Å². The number of hydrogen-bond acceptors (Lipinski definition) is 5. The molecule has 2 rings (SSSR count). The monoisotopic (exact) mass is 293 g/mol. The molecule has 7 heteroatoms. The van der Waals surface area contributed by atoms with Gasteiger partial charge >= 0.3 is 5.69 Å². The van der Waals surface area contributed by atoms with E-state index in [1.165, 1.54) is 31.4 Å². The molecule has 0 spiro atoms. The lowest BCUT2D eigenvalue weighted by atomic mass is 10.3. The molecule has 0 unspecified atom stereocenters. The number of ether oxygens (including phenoxy) is 1. The first-order chi connectivity index (χ1) is 9.46. The fraction of sp³-hybridized carbons (Fsp3) is 0.0769. The molecule has 0 radical (unpaired) electrons. The van der Waals surface area contributed by atoms with Gasteiger partial charge in [-0.15, -0.1) is 0 Å². The van der Waals surface area contributed by atoms with Crippen LogP contribution < -0.4 is 4.74 Å². The Morgan fingerprint density at radius 3 is 2.25 bits per heavy atom. The normalized spacial score (nSPS) is 11.1. The van der Waals surface area contributed by atoms with E-state index in [2.05, 4.69) is 0 Å². The van der Waals surface area contributed by atoms with Crippen LogP contribution >= 0.6 is 0 Å². The van der Waals surface area contributed by atoms with Crippen molar-refractivity contribution in [1.29, 1.82) is 0 Å². The molecule has 2 aromatic rings. The summed E-state index contributed by atoms with van der Waals surface area (Å²) in [5.74, 6) is 0.0158. The lowest BCUT2D eigenvalue weighted by molar-refractivity contribution is -0.386. The van der Waals surface area contributed by atoms with Crippen LogP contribution in [0.5, 0.6) is 5.75 Å². The van der Waals surface area contributed by atoms with Gasteiger partial charge in [0, 0.05) is 6.07 Å². The van der Waals surface area contributed by atoms with Crippen molar-refractivity contribution in [2.24, 2.45) is 0 Å². The van der Waals surface area contributed by atoms with Crippen LogP contribution in [0.4, 0.5) is 5.69 Å². The predicted octanol–water partition coefficient (Wildman–Crippen LogP) is 2.44. The highest BCUT2D eigenvalue weighted by Crippen LogP contribution is 2.31. The summed E-state index contributed by atoms with van der Waals surface area (Å²) < 4.78 is 29.5. The molecule has 104 valence electrons. The van der Waals surface area contributed by atoms with Gasteiger partial charge < -0.3 is 4.74 Å². The van der Waals surface area contributed by atoms with Crippen molar-refractivity contribution in [3.05, 3.63) is 58.6 Å². The number of nitro groups is 1. The topological polar surface area (TPSA) is 86.5 Å². The molecule has 0 heterocycles. The van der Waals surface area contributed by atoms with E-state index in [4.69, 9.17) is 4.74 Å². The third kappa shape index (κ3) is 2.48. The molecular formula is C13H11NO5S. The Kier molecular flexibility index (Phi) is 3.71. The zero-order valence-electron chi connectivity index (χ0n) is 10.5. The molecular weight excluding hydrogens is 282 g/mol. The standard InChI is InChI=1S/C13H11NO5S/c1-19-13-8-7-11(9-12(13)14(15)16)20(17,18)10-5-3-2-4-6-10/h2-9H,1H3. The van der Waals surface area contributed by atoms with Gasteiger partial charge in [0.1, 0.15) is 0 Å². The van der Waals surface area contributed by atoms with Crippen LogP contribution in [-0.2, 0) is 9.84 Å². The van der Waals surface area contributed by atoms with Crippen LogP contribution in [0.2, 0.25) is 0 Å². The van der Waals surface area contributed by atoms with E-state index in [9.17, 15) is 18.5 Å². The quantitative estimate of drug-likeness (QED) is 0.638. The highest BCUT2D eigenvalue weighted by atomic mass is 32.2. The van der Waals surface area contributed by atoms with Crippen molar-refractivity contribution < 1.29 is 18.1 Å². The minimum absolute atomic E-state index is 0.0158. The molecule has 0 aliphatic carbocycles. The van der Waals surface area contributed by atoms with E-state index in [0.29, 0.717) is 0 Å². The first kappa shape index (κ1) is 14.0. The van der Waals surface area contributed by atoms with Gasteiger partial charge in [0.05, 0.1) is 21.8 Å². The van der Waals surface area contributed by atoms with Crippen molar-refractivity contribution in [2.45, 2.75) is 9.79 Å². The Labute approximate surface area is 115 Å². The van der Waals surface area contributed by atoms with Gasteiger partial charge in [-0.05, 0) is 24.3 Å². The first-order valence-electron chi connectivity index (χ1n) is 5.59. The SMILES string of the molecule is COc1ccc(S(=O)(=O)c2ccccc2)cc1[N+](=O)[O-]. The Balaban J connectivity index is 2.59. The summed E-state index contributed by atoms with van der Waals surface area (Å²) in [4.78, 5) is 10.2. The molecule has 0 aliphatic rings. The third-order valence-corrected chi connectivity index (χ3v) is 4.48. The largest absolute Gasteiger partial charge is 0.490 e. The average Bonchev–Trinajstić information content (AvgIpc) is 2.47. The average molecular weight is 293 g/mol. The molecule has 0 saturated carbocycles. The molecule has 0 amide bonds. The van der Waals surface area contributed by atoms with Gasteiger partial charge in [-0.2, -0.15) is 0 Å². The van der Waals surface area contributed by atoms with E-state index in [0.717, 1.165) is 6.07 Å². The number of methoxy groups -OCH3 is 1. The Hall–Kier alpha value is -2.41. The number of rotatable bonds is 4. The molecule has 0 bridgehead atoms. The summed E-state index contributed by atoms with van der Waals surface area (Å²) in [5.41, 5.74) is -0.385. The zero-order valence-corrected chi connectivity index (χ0v) is 11.3. The van der Waals surface area contributed by atoms with E-state index in [1.807, 2.05) is 0 Å². The van der Waals surface area contributed by atoms with Gasteiger partial charge in [-0.3, -0.25) is 10.1 Å². The summed E-state index contributed by atoms with van der Waals surface area (Å²) in [6, 6.07) is 11.3. The predicted molar refractivity (Wildman–Crippen MR) is 71.5 cm³/mol. The maximum atomic E-state index is 12.3. The summed E-state index contributed by atoms with van der Waals surface area (Å²) in [5, 5.41) is 10.9. The van der Waals surface area contributed by atoms with E-state index in [-0.39, 0.29) is 21.2 Å². The van der Waals surface area contributed by atoms with Gasteiger partial charge in [-0.1, -0.05) is 18.2 Å². The third-order valence-electron chi connectivity index (χ3n) is 2.71. The summed E-state index contributed by atoms with van der Waals surface area (Å²) in [6.07, 6.45) is 0. The molecule has 0 atom stereocenters. The maximum absolute atomic E-state index is 12.3. The molecule has 6 nitrogen and oxygen atoms in total. The van der Waals surface area contributed by atoms with E-state index >= 15 is 0 Å². The molecule has 0 fully saturated rings. The second kappa shape index (κ2) is 5.30. The van der Waals surface area contributed by atoms with Crippen LogP contribution in [0.1, 0.15) is 0 Å². The number of hydrogen-bond donors (Lipinski definition) is 0. The van der Waals surface area contributed by atoms with Crippen LogP contribution in [0.25, 0.3) is 0 Å². The van der Waals surface area contributed by atoms with Gasteiger partial charge in [0.2, 0.25) is 9.84 Å². The first-order valence-corrected chi connectivity index (χ1v) is 7.07. The number of nitro benzene ring substituents is 1. The summed E-state index contributed by atoms with van der Waals surface area (Å²) >= 11 is 0. The minimum Gasteiger partial charge on any atom is -0.490 e. The van der Waals surface area contributed by atoms with Crippen molar-refractivity contribution >= 4 is 15.5 Å². The fourth-order valence-corrected chi connectivity index (χ4v) is 3.02. The highest BCUT2D eigenvalue weighted by molar-refractivity contribution is 7.91. The van der Waals surface area contributed by atoms with Gasteiger partial charge in [0.15, 0.2) is 5.75 Å². The Bertz CT molecular complexity index is 741. The molecule has 20 heavy (non-hydrogen) atoms. The minimum atomic E-state index is -3.78. The Morgan fingerprint density at radius 2 is 1.70 bits per heavy atom. The van der Waals surface area contributed by atoms with Crippen LogP contribution in [0, 0.1) is 10.1 Å². The smallest absolute Gasteiger partial charge is 0.312 e. The molecule has 0 saturated heterocycles. The van der Waals surface area contributed by atoms with Crippen LogP contribution in [0.15, 0.2) is 58.3 Å². The van der Waals surface area contributed by atoms with Crippen LogP contribution in [0.3, 0.4) is 0 Å². The maximum Gasteiger partial charge on any atom is 0.312 e. The summed E-state index contributed by atoms with van der Waals surface area (Å²) in [7, 11) is -2.49. The lowest BCUT2D eigenvalue weighted by Crippen LogP contribution is -2.03. The van der Waals surface area contributed by atoms with Crippen LogP contribution in [-0.4, -0.2) is 20.5 Å². The molecule has 0 aliphatic heterocycles. The summed E-state index contributed by atoms with van der Waals surface area (Å²) in [6.45, 7) is 0. The lowest BCUT2D eigenvalue weighted by Gasteiger charge is -2.06. The molecule has 0 N–H and O–H groups in total. The molecule has 2 aromatic carbocycles. The van der Waals surface area contributed by atoms with Gasteiger partial charge in [-0.25, -0.2) is 8.42 Å².